The predicted molar refractivity (Wildman–Crippen MR) is 121 cm³/mol. The first-order chi connectivity index (χ1) is 15.4. The summed E-state index contributed by atoms with van der Waals surface area (Å²) in [5.41, 5.74) is 1.97. The molecule has 0 saturated carbocycles. The van der Waals surface area contributed by atoms with E-state index in [2.05, 4.69) is 25.5 Å². The molecule has 1 atom stereocenters. The van der Waals surface area contributed by atoms with E-state index in [9.17, 15) is 9.59 Å². The molecule has 2 aliphatic heterocycles. The van der Waals surface area contributed by atoms with Gasteiger partial charge in [0.2, 0.25) is 11.8 Å². The van der Waals surface area contributed by atoms with Gasteiger partial charge >= 0.3 is 0 Å². The smallest absolute Gasteiger partial charge is 0.225 e. The van der Waals surface area contributed by atoms with Gasteiger partial charge in [-0.2, -0.15) is 5.10 Å². The fraction of sp³-hybridized carbons (Fsp3) is 0.609. The molecule has 0 unspecified atom stereocenters. The Hall–Kier alpha value is -2.97. The molecule has 4 rings (SSSR count). The van der Waals surface area contributed by atoms with Crippen molar-refractivity contribution in [2.45, 2.75) is 52.9 Å². The third kappa shape index (κ3) is 5.44. The number of aromatic nitrogens is 4. The number of H-pyrrole nitrogens is 1. The van der Waals surface area contributed by atoms with Gasteiger partial charge in [-0.3, -0.25) is 14.7 Å². The molecule has 4 heterocycles. The predicted octanol–water partition coefficient (Wildman–Crippen LogP) is 2.60. The van der Waals surface area contributed by atoms with Crippen molar-refractivity contribution in [3.63, 3.8) is 0 Å². The molecule has 172 valence electrons. The van der Waals surface area contributed by atoms with Crippen LogP contribution in [0.5, 0.6) is 0 Å². The summed E-state index contributed by atoms with van der Waals surface area (Å²) >= 11 is 0. The molecule has 2 saturated heterocycles. The molecule has 2 aromatic rings. The second-order valence-corrected chi connectivity index (χ2v) is 9.13. The Balaban J connectivity index is 1.35. The van der Waals surface area contributed by atoms with Crippen LogP contribution in [0.2, 0.25) is 0 Å². The van der Waals surface area contributed by atoms with Crippen LogP contribution in [0, 0.1) is 25.7 Å². The second kappa shape index (κ2) is 9.67. The van der Waals surface area contributed by atoms with Gasteiger partial charge in [-0.25, -0.2) is 9.97 Å². The lowest BCUT2D eigenvalue weighted by Gasteiger charge is -2.37. The minimum absolute atomic E-state index is 0.0405. The van der Waals surface area contributed by atoms with Crippen molar-refractivity contribution >= 4 is 23.5 Å². The largest absolute Gasteiger partial charge is 0.343 e. The average molecular weight is 440 g/mol. The lowest BCUT2D eigenvalue weighted by molar-refractivity contribution is -0.141. The zero-order valence-electron chi connectivity index (χ0n) is 19.2. The van der Waals surface area contributed by atoms with E-state index in [0.29, 0.717) is 19.0 Å². The molecule has 0 bridgehead atoms. The number of amides is 2. The summed E-state index contributed by atoms with van der Waals surface area (Å²) in [6.07, 6.45) is 4.48. The van der Waals surface area contributed by atoms with Crippen molar-refractivity contribution in [2.24, 2.45) is 11.8 Å². The zero-order chi connectivity index (χ0) is 22.7. The topological polar surface area (TPSA) is 107 Å². The quantitative estimate of drug-likeness (QED) is 0.742. The van der Waals surface area contributed by atoms with E-state index in [1.807, 2.05) is 35.8 Å². The van der Waals surface area contributed by atoms with Crippen LogP contribution in [0.3, 0.4) is 0 Å². The highest BCUT2D eigenvalue weighted by Gasteiger charge is 2.32. The van der Waals surface area contributed by atoms with Gasteiger partial charge in [0.25, 0.3) is 0 Å². The van der Waals surface area contributed by atoms with E-state index >= 15 is 0 Å². The number of nitrogens with zero attached hydrogens (tertiary/aromatic N) is 5. The van der Waals surface area contributed by atoms with Crippen molar-refractivity contribution in [3.05, 3.63) is 29.3 Å². The minimum atomic E-state index is 0.0405. The number of aromatic amines is 1. The molecule has 0 spiro atoms. The van der Waals surface area contributed by atoms with E-state index in [1.165, 1.54) is 0 Å². The first-order valence-electron chi connectivity index (χ1n) is 11.6. The molecule has 0 aromatic carbocycles. The number of piperidine rings is 2. The number of aryl methyl sites for hydroxylation is 2. The van der Waals surface area contributed by atoms with Gasteiger partial charge in [0, 0.05) is 62.5 Å². The summed E-state index contributed by atoms with van der Waals surface area (Å²) < 4.78 is 0. The summed E-state index contributed by atoms with van der Waals surface area (Å²) in [5.74, 6) is 2.98. The maximum absolute atomic E-state index is 13.1. The van der Waals surface area contributed by atoms with E-state index < -0.39 is 0 Å². The molecule has 2 aliphatic rings. The molecule has 9 nitrogen and oxygen atoms in total. The Kier molecular flexibility index (Phi) is 6.72. The van der Waals surface area contributed by atoms with Crippen LogP contribution in [0.15, 0.2) is 12.1 Å². The molecular weight excluding hydrogens is 406 g/mol. The van der Waals surface area contributed by atoms with Crippen LogP contribution in [0.25, 0.3) is 0 Å². The molecule has 9 heteroatoms. The number of hydrogen-bond donors (Lipinski definition) is 2. The summed E-state index contributed by atoms with van der Waals surface area (Å²) in [6.45, 7) is 8.44. The van der Waals surface area contributed by atoms with E-state index in [4.69, 9.17) is 0 Å². The third-order valence-electron chi connectivity index (χ3n) is 6.47. The lowest BCUT2D eigenvalue weighted by Crippen LogP contribution is -2.47. The summed E-state index contributed by atoms with van der Waals surface area (Å²) in [7, 11) is 0. The zero-order valence-corrected chi connectivity index (χ0v) is 19.2. The Morgan fingerprint density at radius 3 is 2.53 bits per heavy atom. The number of carbonyl (C=O) groups excluding carboxylic acids is 2. The Morgan fingerprint density at radius 2 is 1.84 bits per heavy atom. The summed E-state index contributed by atoms with van der Waals surface area (Å²) in [4.78, 5) is 37.7. The van der Waals surface area contributed by atoms with Crippen LogP contribution in [0.4, 0.5) is 11.6 Å². The van der Waals surface area contributed by atoms with Gasteiger partial charge in [-0.15, -0.1) is 0 Å². The normalized spacial score (nSPS) is 19.8. The number of carbonyl (C=O) groups is 2. The van der Waals surface area contributed by atoms with Gasteiger partial charge in [-0.1, -0.05) is 0 Å². The standard InChI is InChI=1S/C23H33N7O2/c1-15-11-22(28-27-15)26-21-13-20(24-16(2)25-21)12-18-5-4-8-30(14-18)23(32)19-6-9-29(10-7-19)17(3)31/h11,13,18-19H,4-10,12,14H2,1-3H3,(H2,24,25,26,27,28)/t18-/m1/s1. The van der Waals surface area contributed by atoms with Crippen molar-refractivity contribution < 1.29 is 9.59 Å². The molecule has 2 amide bonds. The van der Waals surface area contributed by atoms with Crippen molar-refractivity contribution in [2.75, 3.05) is 31.5 Å². The molecule has 0 radical (unpaired) electrons. The Bertz CT molecular complexity index is 965. The third-order valence-corrected chi connectivity index (χ3v) is 6.47. The van der Waals surface area contributed by atoms with Gasteiger partial charge in [0.1, 0.15) is 11.6 Å². The molecule has 32 heavy (non-hydrogen) atoms. The number of anilines is 2. The number of likely N-dealkylation sites (tertiary alicyclic amines) is 2. The van der Waals surface area contributed by atoms with Crippen molar-refractivity contribution in [1.82, 2.24) is 30.0 Å². The maximum Gasteiger partial charge on any atom is 0.225 e. The number of nitrogens with one attached hydrogen (secondary N) is 2. The highest BCUT2D eigenvalue weighted by molar-refractivity contribution is 5.80. The van der Waals surface area contributed by atoms with E-state index in [-0.39, 0.29) is 17.7 Å². The number of hydrogen-bond acceptors (Lipinski definition) is 6. The van der Waals surface area contributed by atoms with Gasteiger partial charge in [0.05, 0.1) is 0 Å². The van der Waals surface area contributed by atoms with Crippen LogP contribution in [0.1, 0.15) is 49.8 Å². The molecule has 2 fully saturated rings. The van der Waals surface area contributed by atoms with Gasteiger partial charge < -0.3 is 15.1 Å². The Morgan fingerprint density at radius 1 is 1.06 bits per heavy atom. The van der Waals surface area contributed by atoms with Crippen LogP contribution in [-0.4, -0.2) is 68.0 Å². The van der Waals surface area contributed by atoms with Crippen LogP contribution < -0.4 is 5.32 Å². The average Bonchev–Trinajstić information content (AvgIpc) is 3.17. The summed E-state index contributed by atoms with van der Waals surface area (Å²) in [6, 6.07) is 3.91. The fourth-order valence-electron chi connectivity index (χ4n) is 4.84. The Labute approximate surface area is 189 Å². The molecule has 2 aromatic heterocycles. The van der Waals surface area contributed by atoms with Gasteiger partial charge in [-0.05, 0) is 51.9 Å². The highest BCUT2D eigenvalue weighted by atomic mass is 16.2. The molecule has 0 aliphatic carbocycles. The second-order valence-electron chi connectivity index (χ2n) is 9.13. The van der Waals surface area contributed by atoms with Gasteiger partial charge in [0.15, 0.2) is 5.82 Å². The first-order valence-corrected chi connectivity index (χ1v) is 11.6. The maximum atomic E-state index is 13.1. The minimum Gasteiger partial charge on any atom is -0.343 e. The first kappa shape index (κ1) is 22.2. The van der Waals surface area contributed by atoms with Crippen molar-refractivity contribution in [1.29, 1.82) is 0 Å². The monoisotopic (exact) mass is 439 g/mol. The highest BCUT2D eigenvalue weighted by Crippen LogP contribution is 2.26. The van der Waals surface area contributed by atoms with Crippen molar-refractivity contribution in [3.8, 4) is 0 Å². The van der Waals surface area contributed by atoms with Crippen LogP contribution in [-0.2, 0) is 16.0 Å². The lowest BCUT2D eigenvalue weighted by atomic mass is 9.90. The van der Waals surface area contributed by atoms with E-state index in [0.717, 1.165) is 74.0 Å². The SMILES string of the molecule is CC(=O)N1CCC(C(=O)N2CCC[C@H](Cc3cc(Nc4cc(C)[nH]n4)nc(C)n3)C2)CC1. The summed E-state index contributed by atoms with van der Waals surface area (Å²) in [5, 5.41) is 10.4. The molecule has 2 N–H and O–H groups in total. The fourth-order valence-corrected chi connectivity index (χ4v) is 4.84. The number of rotatable bonds is 5. The molecular formula is C23H33N7O2. The van der Waals surface area contributed by atoms with E-state index in [1.54, 1.807) is 6.92 Å². The van der Waals surface area contributed by atoms with Crippen LogP contribution >= 0.6 is 0 Å².